The summed E-state index contributed by atoms with van der Waals surface area (Å²) in [5, 5.41) is 0. The topological polar surface area (TPSA) is 69.2 Å². The molecule has 0 aliphatic carbocycles. The first-order valence-electron chi connectivity index (χ1n) is 4.70. The molecular formula is C9H14N2O3S2. The van der Waals surface area contributed by atoms with Gasteiger partial charge in [-0.05, 0) is 5.92 Å². The van der Waals surface area contributed by atoms with Crippen molar-refractivity contribution in [3.8, 4) is 5.88 Å². The minimum atomic E-state index is -3.54. The minimum absolute atomic E-state index is 0.100. The molecule has 5 nitrogen and oxygen atoms in total. The number of aromatic nitrogens is 2. The Bertz CT molecular complexity index is 446. The summed E-state index contributed by atoms with van der Waals surface area (Å²) < 4.78 is 26.8. The van der Waals surface area contributed by atoms with Crippen LogP contribution in [0, 0.1) is 5.92 Å². The summed E-state index contributed by atoms with van der Waals surface area (Å²) in [6.45, 7) is 4.15. The van der Waals surface area contributed by atoms with Gasteiger partial charge in [0.15, 0.2) is 0 Å². The lowest BCUT2D eigenvalue weighted by molar-refractivity contribution is 0.474. The van der Waals surface area contributed by atoms with E-state index in [2.05, 4.69) is 23.8 Å². The van der Waals surface area contributed by atoms with Crippen LogP contribution in [0.1, 0.15) is 13.8 Å². The van der Waals surface area contributed by atoms with E-state index in [1.54, 1.807) is 6.20 Å². The van der Waals surface area contributed by atoms with Gasteiger partial charge in [0.05, 0.1) is 11.2 Å². The van der Waals surface area contributed by atoms with Crippen molar-refractivity contribution >= 4 is 21.9 Å². The van der Waals surface area contributed by atoms with Crippen LogP contribution in [0.2, 0.25) is 0 Å². The Morgan fingerprint density at radius 2 is 2.19 bits per heavy atom. The molecule has 16 heavy (non-hydrogen) atoms. The maximum absolute atomic E-state index is 11.0. The lowest BCUT2D eigenvalue weighted by Crippen LogP contribution is -2.08. The monoisotopic (exact) mass is 262 g/mol. The normalized spacial score (nSPS) is 11.8. The quantitative estimate of drug-likeness (QED) is 0.592. The molecule has 0 bridgehead atoms. The second kappa shape index (κ2) is 5.49. The van der Waals surface area contributed by atoms with E-state index in [4.69, 9.17) is 4.18 Å². The van der Waals surface area contributed by atoms with Crippen LogP contribution in [-0.4, -0.2) is 30.4 Å². The molecule has 0 radical (unpaired) electrons. The molecule has 0 spiro atoms. The van der Waals surface area contributed by atoms with Crippen molar-refractivity contribution in [2.75, 3.05) is 12.0 Å². The van der Waals surface area contributed by atoms with Crippen LogP contribution in [0.5, 0.6) is 5.88 Å². The van der Waals surface area contributed by atoms with Gasteiger partial charge in [0, 0.05) is 11.9 Å². The van der Waals surface area contributed by atoms with E-state index >= 15 is 0 Å². The summed E-state index contributed by atoms with van der Waals surface area (Å²) in [5.41, 5.74) is 0. The van der Waals surface area contributed by atoms with Crippen LogP contribution < -0.4 is 4.18 Å². The van der Waals surface area contributed by atoms with E-state index in [9.17, 15) is 8.42 Å². The summed E-state index contributed by atoms with van der Waals surface area (Å²) in [4.78, 5) is 8.30. The van der Waals surface area contributed by atoms with Gasteiger partial charge in [0.1, 0.15) is 6.33 Å². The fourth-order valence-electron chi connectivity index (χ4n) is 0.867. The smallest absolute Gasteiger partial charge is 0.307 e. The van der Waals surface area contributed by atoms with Gasteiger partial charge in [-0.25, -0.2) is 4.98 Å². The lowest BCUT2D eigenvalue weighted by Gasteiger charge is -2.08. The van der Waals surface area contributed by atoms with E-state index in [0.29, 0.717) is 10.8 Å². The van der Waals surface area contributed by atoms with Gasteiger partial charge in [0.2, 0.25) is 5.88 Å². The molecule has 1 aromatic heterocycles. The molecule has 7 heteroatoms. The van der Waals surface area contributed by atoms with E-state index in [1.165, 1.54) is 18.1 Å². The summed E-state index contributed by atoms with van der Waals surface area (Å²) >= 11 is 1.48. The highest BCUT2D eigenvalue weighted by Crippen LogP contribution is 2.28. The third-order valence-corrected chi connectivity index (χ3v) is 3.33. The maximum atomic E-state index is 11.0. The molecule has 0 aliphatic rings. The van der Waals surface area contributed by atoms with E-state index in [1.807, 2.05) is 0 Å². The first-order valence-corrected chi connectivity index (χ1v) is 7.51. The van der Waals surface area contributed by atoms with Crippen molar-refractivity contribution in [1.82, 2.24) is 9.97 Å². The number of hydrogen-bond acceptors (Lipinski definition) is 6. The Morgan fingerprint density at radius 3 is 2.75 bits per heavy atom. The third kappa shape index (κ3) is 4.80. The van der Waals surface area contributed by atoms with Gasteiger partial charge < -0.3 is 4.18 Å². The van der Waals surface area contributed by atoms with Crippen molar-refractivity contribution in [3.63, 3.8) is 0 Å². The molecule has 90 valence electrons. The molecule has 1 aromatic rings. The molecule has 0 atom stereocenters. The SMILES string of the molecule is CC(C)CSc1cncnc1OS(C)(=O)=O. The second-order valence-electron chi connectivity index (χ2n) is 3.68. The van der Waals surface area contributed by atoms with E-state index in [-0.39, 0.29) is 5.88 Å². The largest absolute Gasteiger partial charge is 0.360 e. The zero-order chi connectivity index (χ0) is 12.2. The summed E-state index contributed by atoms with van der Waals surface area (Å²) in [5.74, 6) is 1.45. The molecule has 0 aromatic carbocycles. The fraction of sp³-hybridized carbons (Fsp3) is 0.556. The molecular weight excluding hydrogens is 248 g/mol. The highest BCUT2D eigenvalue weighted by atomic mass is 32.2. The fourth-order valence-corrected chi connectivity index (χ4v) is 2.21. The average molecular weight is 262 g/mol. The standard InChI is InChI=1S/C9H14N2O3S2/c1-7(2)5-15-8-4-10-6-11-9(8)14-16(3,12)13/h4,6-7H,5H2,1-3H3. The Labute approximate surface area is 99.8 Å². The van der Waals surface area contributed by atoms with Crippen molar-refractivity contribution in [3.05, 3.63) is 12.5 Å². The number of rotatable bonds is 5. The van der Waals surface area contributed by atoms with Crippen molar-refractivity contribution < 1.29 is 12.6 Å². The molecule has 0 unspecified atom stereocenters. The maximum Gasteiger partial charge on any atom is 0.307 e. The van der Waals surface area contributed by atoms with E-state index < -0.39 is 10.1 Å². The van der Waals surface area contributed by atoms with Crippen LogP contribution >= 0.6 is 11.8 Å². The molecule has 0 aliphatic heterocycles. The first kappa shape index (κ1) is 13.2. The summed E-state index contributed by atoms with van der Waals surface area (Å²) in [7, 11) is -3.54. The molecule has 0 saturated carbocycles. The van der Waals surface area contributed by atoms with Crippen LogP contribution in [-0.2, 0) is 10.1 Å². The Hall–Kier alpha value is -0.820. The van der Waals surface area contributed by atoms with Crippen molar-refractivity contribution in [2.45, 2.75) is 18.7 Å². The van der Waals surface area contributed by atoms with Gasteiger partial charge in [-0.15, -0.1) is 11.8 Å². The van der Waals surface area contributed by atoms with Gasteiger partial charge in [-0.2, -0.15) is 13.4 Å². The van der Waals surface area contributed by atoms with Gasteiger partial charge >= 0.3 is 10.1 Å². The predicted octanol–water partition coefficient (Wildman–Crippen LogP) is 1.56. The van der Waals surface area contributed by atoms with Crippen LogP contribution in [0.25, 0.3) is 0 Å². The van der Waals surface area contributed by atoms with Crippen LogP contribution in [0.15, 0.2) is 17.4 Å². The highest BCUT2D eigenvalue weighted by Gasteiger charge is 2.12. The molecule has 0 fully saturated rings. The predicted molar refractivity (Wildman–Crippen MR) is 63.1 cm³/mol. The average Bonchev–Trinajstić information content (AvgIpc) is 2.14. The number of hydrogen-bond donors (Lipinski definition) is 0. The van der Waals surface area contributed by atoms with Crippen LogP contribution in [0.4, 0.5) is 0 Å². The first-order chi connectivity index (χ1) is 7.38. The Kier molecular flexibility index (Phi) is 4.55. The second-order valence-corrected chi connectivity index (χ2v) is 6.32. The zero-order valence-corrected chi connectivity index (χ0v) is 11.0. The minimum Gasteiger partial charge on any atom is -0.360 e. The Balaban J connectivity index is 2.83. The Morgan fingerprint density at radius 1 is 1.50 bits per heavy atom. The zero-order valence-electron chi connectivity index (χ0n) is 9.37. The number of thioether (sulfide) groups is 1. The molecule has 1 heterocycles. The molecule has 0 saturated heterocycles. The molecule has 0 N–H and O–H groups in total. The van der Waals surface area contributed by atoms with Crippen molar-refractivity contribution in [2.24, 2.45) is 5.92 Å². The van der Waals surface area contributed by atoms with Gasteiger partial charge in [-0.3, -0.25) is 0 Å². The highest BCUT2D eigenvalue weighted by molar-refractivity contribution is 7.99. The summed E-state index contributed by atoms with van der Waals surface area (Å²) in [6, 6.07) is 0. The summed E-state index contributed by atoms with van der Waals surface area (Å²) in [6.07, 6.45) is 3.81. The number of nitrogens with zero attached hydrogens (tertiary/aromatic N) is 2. The van der Waals surface area contributed by atoms with Crippen LogP contribution in [0.3, 0.4) is 0 Å². The molecule has 0 amide bonds. The van der Waals surface area contributed by atoms with E-state index in [0.717, 1.165) is 12.0 Å². The molecule has 1 rings (SSSR count). The van der Waals surface area contributed by atoms with Gasteiger partial charge in [-0.1, -0.05) is 13.8 Å². The third-order valence-electron chi connectivity index (χ3n) is 1.45. The van der Waals surface area contributed by atoms with Crippen molar-refractivity contribution in [1.29, 1.82) is 0 Å². The lowest BCUT2D eigenvalue weighted by atomic mass is 10.3. The van der Waals surface area contributed by atoms with Gasteiger partial charge in [0.25, 0.3) is 0 Å².